The number of likely N-dealkylation sites (N-methyl/N-ethyl adjacent to an activating group) is 1. The fourth-order valence-corrected chi connectivity index (χ4v) is 3.94. The molecule has 1 heterocycles. The molecule has 1 saturated heterocycles. The number of piperidine rings is 1. The van der Waals surface area contributed by atoms with Gasteiger partial charge in [-0.3, -0.25) is 4.79 Å². The van der Waals surface area contributed by atoms with E-state index < -0.39 is 10.0 Å². The highest BCUT2D eigenvalue weighted by Crippen LogP contribution is 2.19. The number of carbonyl (C=O) groups excluding carboxylic acids is 1. The number of nitrogens with one attached hydrogen (secondary N) is 1. The Labute approximate surface area is 141 Å². The maximum absolute atomic E-state index is 12.5. The monoisotopic (exact) mass is 345 g/mol. The van der Waals surface area contributed by atoms with Crippen LogP contribution in [0.15, 0.2) is 12.2 Å². The summed E-state index contributed by atoms with van der Waals surface area (Å²) in [4.78, 5) is 14.3. The molecule has 7 heteroatoms. The zero-order valence-corrected chi connectivity index (χ0v) is 15.8. The van der Waals surface area contributed by atoms with Crippen LogP contribution in [-0.2, 0) is 14.8 Å². The zero-order chi connectivity index (χ0) is 17.8. The van der Waals surface area contributed by atoms with Gasteiger partial charge in [-0.25, -0.2) is 12.7 Å². The van der Waals surface area contributed by atoms with Gasteiger partial charge in [-0.1, -0.05) is 19.1 Å². The van der Waals surface area contributed by atoms with Gasteiger partial charge in [0, 0.05) is 32.2 Å². The molecule has 0 bridgehead atoms. The van der Waals surface area contributed by atoms with Gasteiger partial charge in [0.15, 0.2) is 0 Å². The number of sulfonamides is 1. The number of carbonyl (C=O) groups is 1. The van der Waals surface area contributed by atoms with Crippen molar-refractivity contribution in [3.05, 3.63) is 12.2 Å². The highest BCUT2D eigenvalue weighted by Gasteiger charge is 2.32. The lowest BCUT2D eigenvalue weighted by atomic mass is 9.94. The molecule has 0 spiro atoms. The molecule has 3 atom stereocenters. The van der Waals surface area contributed by atoms with Crippen molar-refractivity contribution in [3.8, 4) is 0 Å². The second kappa shape index (κ2) is 8.26. The molecule has 1 amide bonds. The Morgan fingerprint density at radius 2 is 2.09 bits per heavy atom. The van der Waals surface area contributed by atoms with Crippen LogP contribution in [0.1, 0.15) is 34.1 Å². The van der Waals surface area contributed by atoms with Crippen LogP contribution in [0.3, 0.4) is 0 Å². The minimum absolute atomic E-state index is 0.0632. The number of hydrogen-bond acceptors (Lipinski definition) is 4. The molecule has 0 aliphatic carbocycles. The topological polar surface area (TPSA) is 69.7 Å². The molecule has 0 unspecified atom stereocenters. The highest BCUT2D eigenvalue weighted by atomic mass is 32.2. The summed E-state index contributed by atoms with van der Waals surface area (Å²) in [6.45, 7) is 13.9. The van der Waals surface area contributed by atoms with E-state index in [1.807, 2.05) is 27.7 Å². The maximum atomic E-state index is 12.5. The molecule has 1 aliphatic rings. The van der Waals surface area contributed by atoms with Gasteiger partial charge >= 0.3 is 0 Å². The predicted octanol–water partition coefficient (Wildman–Crippen LogP) is 1.06. The predicted molar refractivity (Wildman–Crippen MR) is 93.7 cm³/mol. The average molecular weight is 346 g/mol. The second-order valence-electron chi connectivity index (χ2n) is 6.69. The molecular weight excluding hydrogens is 314 g/mol. The third kappa shape index (κ3) is 5.90. The van der Waals surface area contributed by atoms with Gasteiger partial charge < -0.3 is 10.2 Å². The fraction of sp³-hybridized carbons (Fsp3) is 0.812. The Bertz CT molecular complexity index is 533. The van der Waals surface area contributed by atoms with E-state index in [2.05, 4.69) is 11.9 Å². The van der Waals surface area contributed by atoms with Crippen molar-refractivity contribution in [1.82, 2.24) is 14.5 Å². The Hall–Kier alpha value is -0.920. The van der Waals surface area contributed by atoms with Crippen molar-refractivity contribution in [2.24, 2.45) is 5.92 Å². The Morgan fingerprint density at radius 3 is 2.52 bits per heavy atom. The van der Waals surface area contributed by atoms with E-state index in [4.69, 9.17) is 0 Å². The number of amides is 1. The third-order valence-corrected chi connectivity index (χ3v) is 5.60. The van der Waals surface area contributed by atoms with Gasteiger partial charge in [-0.2, -0.15) is 0 Å². The number of rotatable bonds is 7. The first kappa shape index (κ1) is 20.1. The molecule has 1 rings (SSSR count). The van der Waals surface area contributed by atoms with Crippen LogP contribution in [0.4, 0.5) is 0 Å². The molecule has 1 fully saturated rings. The fourth-order valence-electron chi connectivity index (χ4n) is 2.99. The van der Waals surface area contributed by atoms with E-state index in [0.717, 1.165) is 12.0 Å². The third-order valence-electron chi connectivity index (χ3n) is 4.33. The van der Waals surface area contributed by atoms with Crippen molar-refractivity contribution in [2.75, 3.05) is 32.4 Å². The SMILES string of the molecule is C=C(C)CN(CC)C(=O)[C@H](C)N[C@@H]1CCN(S(C)(=O)=O)C[C@H]1C. The summed E-state index contributed by atoms with van der Waals surface area (Å²) in [5.74, 6) is 0.234. The normalized spacial score (nSPS) is 24.2. The first-order chi connectivity index (χ1) is 10.6. The second-order valence-corrected chi connectivity index (χ2v) is 8.67. The minimum atomic E-state index is -3.14. The highest BCUT2D eigenvalue weighted by molar-refractivity contribution is 7.88. The van der Waals surface area contributed by atoms with Gasteiger partial charge in [0.2, 0.25) is 15.9 Å². The van der Waals surface area contributed by atoms with E-state index in [0.29, 0.717) is 26.2 Å². The number of nitrogens with zero attached hydrogens (tertiary/aromatic N) is 2. The summed E-state index contributed by atoms with van der Waals surface area (Å²) in [6.07, 6.45) is 1.97. The van der Waals surface area contributed by atoms with Crippen molar-refractivity contribution in [3.63, 3.8) is 0 Å². The van der Waals surface area contributed by atoms with E-state index in [-0.39, 0.29) is 23.9 Å². The summed E-state index contributed by atoms with van der Waals surface area (Å²) in [5, 5.41) is 3.39. The van der Waals surface area contributed by atoms with Gasteiger partial charge in [-0.05, 0) is 33.1 Å². The van der Waals surface area contributed by atoms with E-state index in [1.54, 1.807) is 4.90 Å². The van der Waals surface area contributed by atoms with Gasteiger partial charge in [-0.15, -0.1) is 0 Å². The summed E-state index contributed by atoms with van der Waals surface area (Å²) in [6, 6.07) is -0.137. The number of hydrogen-bond donors (Lipinski definition) is 1. The molecular formula is C16H31N3O3S. The molecule has 23 heavy (non-hydrogen) atoms. The van der Waals surface area contributed by atoms with Crippen molar-refractivity contribution in [1.29, 1.82) is 0 Å². The molecule has 0 saturated carbocycles. The average Bonchev–Trinajstić information content (AvgIpc) is 2.44. The van der Waals surface area contributed by atoms with E-state index in [1.165, 1.54) is 10.6 Å². The lowest BCUT2D eigenvalue weighted by Gasteiger charge is -2.37. The maximum Gasteiger partial charge on any atom is 0.239 e. The van der Waals surface area contributed by atoms with Crippen molar-refractivity contribution in [2.45, 2.75) is 46.2 Å². The molecule has 0 radical (unpaired) electrons. The first-order valence-corrected chi connectivity index (χ1v) is 10.0. The zero-order valence-electron chi connectivity index (χ0n) is 15.0. The summed E-state index contributed by atoms with van der Waals surface area (Å²) in [5.41, 5.74) is 0.960. The first-order valence-electron chi connectivity index (χ1n) is 8.20. The summed E-state index contributed by atoms with van der Waals surface area (Å²) < 4.78 is 24.8. The lowest BCUT2D eigenvalue weighted by molar-refractivity contribution is -0.132. The van der Waals surface area contributed by atoms with Gasteiger partial charge in [0.1, 0.15) is 0 Å². The van der Waals surface area contributed by atoms with Crippen LogP contribution in [0, 0.1) is 5.92 Å². The molecule has 134 valence electrons. The van der Waals surface area contributed by atoms with Gasteiger partial charge in [0.25, 0.3) is 0 Å². The standard InChI is InChI=1S/C16H31N3O3S/c1-7-18(10-12(2)3)16(20)14(5)17-15-8-9-19(11-13(15)4)23(6,21)22/h13-15,17H,2,7-11H2,1,3-6H3/t13-,14+,15-/m1/s1. The molecule has 1 aliphatic heterocycles. The van der Waals surface area contributed by atoms with Crippen LogP contribution < -0.4 is 5.32 Å². The largest absolute Gasteiger partial charge is 0.338 e. The molecule has 0 aromatic carbocycles. The van der Waals surface area contributed by atoms with Crippen LogP contribution in [0.2, 0.25) is 0 Å². The smallest absolute Gasteiger partial charge is 0.239 e. The van der Waals surface area contributed by atoms with Crippen LogP contribution in [0.25, 0.3) is 0 Å². The van der Waals surface area contributed by atoms with Crippen LogP contribution in [0.5, 0.6) is 0 Å². The Kier molecular flexibility index (Phi) is 7.23. The minimum Gasteiger partial charge on any atom is -0.338 e. The quantitative estimate of drug-likeness (QED) is 0.701. The summed E-state index contributed by atoms with van der Waals surface area (Å²) >= 11 is 0. The lowest BCUT2D eigenvalue weighted by Crippen LogP contribution is -2.55. The molecule has 0 aromatic heterocycles. The van der Waals surface area contributed by atoms with Crippen LogP contribution in [-0.4, -0.2) is 68.0 Å². The molecule has 6 nitrogen and oxygen atoms in total. The van der Waals surface area contributed by atoms with Gasteiger partial charge in [0.05, 0.1) is 12.3 Å². The van der Waals surface area contributed by atoms with Crippen LogP contribution >= 0.6 is 0 Å². The Balaban J connectivity index is 2.62. The Morgan fingerprint density at radius 1 is 1.48 bits per heavy atom. The van der Waals surface area contributed by atoms with Crippen molar-refractivity contribution >= 4 is 15.9 Å². The molecule has 0 aromatic rings. The van der Waals surface area contributed by atoms with E-state index >= 15 is 0 Å². The summed E-state index contributed by atoms with van der Waals surface area (Å²) in [7, 11) is -3.14. The van der Waals surface area contributed by atoms with E-state index in [9.17, 15) is 13.2 Å². The van der Waals surface area contributed by atoms with Crippen molar-refractivity contribution < 1.29 is 13.2 Å². The molecule has 1 N–H and O–H groups in total.